The van der Waals surface area contributed by atoms with Crippen molar-refractivity contribution in [3.8, 4) is 11.4 Å². The van der Waals surface area contributed by atoms with Gasteiger partial charge in [-0.25, -0.2) is 0 Å². The van der Waals surface area contributed by atoms with E-state index in [-0.39, 0.29) is 11.7 Å². The fourth-order valence-electron chi connectivity index (χ4n) is 3.49. The second-order valence-corrected chi connectivity index (χ2v) is 8.44. The van der Waals surface area contributed by atoms with Gasteiger partial charge in [-0.2, -0.15) is 0 Å². The molecule has 2 aromatic carbocycles. The molecule has 9 heteroatoms. The van der Waals surface area contributed by atoms with E-state index in [0.29, 0.717) is 28.2 Å². The molecule has 1 fully saturated rings. The number of hydrogen-bond acceptors (Lipinski definition) is 6. The smallest absolute Gasteiger partial charge is 0.234 e. The molecule has 0 atom stereocenters. The summed E-state index contributed by atoms with van der Waals surface area (Å²) in [5.74, 6) is 1.49. The topological polar surface area (TPSA) is 72.3 Å². The standard InChI is InChI=1S/C22H24ClN5O2S/c1-2-30-19-11-4-3-10-18(19)24-20(29)15-31-22-26-25-21(27-12-5-6-13-27)28(22)17-9-7-8-16(23)14-17/h3-4,7-11,14H,2,5-6,12-13,15H2,1H3,(H,24,29). The lowest BCUT2D eigenvalue weighted by Crippen LogP contribution is -2.22. The Kier molecular flexibility index (Phi) is 6.99. The van der Waals surface area contributed by atoms with Crippen LogP contribution in [-0.2, 0) is 4.79 Å². The lowest BCUT2D eigenvalue weighted by atomic mass is 10.3. The van der Waals surface area contributed by atoms with Crippen molar-refractivity contribution in [1.29, 1.82) is 0 Å². The molecule has 1 aliphatic heterocycles. The van der Waals surface area contributed by atoms with Crippen molar-refractivity contribution < 1.29 is 9.53 Å². The quantitative estimate of drug-likeness (QED) is 0.496. The van der Waals surface area contributed by atoms with Gasteiger partial charge in [0.1, 0.15) is 5.75 Å². The molecule has 1 N–H and O–H groups in total. The summed E-state index contributed by atoms with van der Waals surface area (Å²) in [4.78, 5) is 14.8. The maximum Gasteiger partial charge on any atom is 0.234 e. The molecule has 0 spiro atoms. The van der Waals surface area contributed by atoms with Crippen LogP contribution in [0.15, 0.2) is 53.7 Å². The Bertz CT molecular complexity index is 1050. The lowest BCUT2D eigenvalue weighted by Gasteiger charge is -2.18. The Labute approximate surface area is 190 Å². The van der Waals surface area contributed by atoms with E-state index in [1.54, 1.807) is 0 Å². The summed E-state index contributed by atoms with van der Waals surface area (Å²) in [6, 6.07) is 15.0. The van der Waals surface area contributed by atoms with Crippen molar-refractivity contribution in [3.63, 3.8) is 0 Å². The SMILES string of the molecule is CCOc1ccccc1NC(=O)CSc1nnc(N2CCCC2)n1-c1cccc(Cl)c1. The van der Waals surface area contributed by atoms with Gasteiger partial charge in [-0.3, -0.25) is 9.36 Å². The van der Waals surface area contributed by atoms with Crippen LogP contribution in [-0.4, -0.2) is 46.1 Å². The highest BCUT2D eigenvalue weighted by Crippen LogP contribution is 2.30. The molecule has 7 nitrogen and oxygen atoms in total. The predicted molar refractivity (Wildman–Crippen MR) is 125 cm³/mol. The number of anilines is 2. The van der Waals surface area contributed by atoms with E-state index >= 15 is 0 Å². The number of aromatic nitrogens is 3. The van der Waals surface area contributed by atoms with Crippen LogP contribution in [0.3, 0.4) is 0 Å². The van der Waals surface area contributed by atoms with E-state index in [1.807, 2.05) is 60.0 Å². The summed E-state index contributed by atoms with van der Waals surface area (Å²) in [5.41, 5.74) is 1.54. The Morgan fingerprint density at radius 2 is 1.97 bits per heavy atom. The first-order valence-corrected chi connectivity index (χ1v) is 11.6. The number of nitrogens with zero attached hydrogens (tertiary/aromatic N) is 4. The van der Waals surface area contributed by atoms with Crippen molar-refractivity contribution in [3.05, 3.63) is 53.6 Å². The fraction of sp³-hybridized carbons (Fsp3) is 0.318. The number of amides is 1. The molecular formula is C22H24ClN5O2S. The van der Waals surface area contributed by atoms with Gasteiger partial charge < -0.3 is 15.0 Å². The summed E-state index contributed by atoms with van der Waals surface area (Å²) < 4.78 is 7.56. The molecule has 0 radical (unpaired) electrons. The number of para-hydroxylation sites is 2. The van der Waals surface area contributed by atoms with E-state index in [4.69, 9.17) is 16.3 Å². The van der Waals surface area contributed by atoms with Gasteiger partial charge in [0.25, 0.3) is 0 Å². The number of nitrogens with one attached hydrogen (secondary N) is 1. The zero-order chi connectivity index (χ0) is 21.6. The fourth-order valence-corrected chi connectivity index (χ4v) is 4.42. The Morgan fingerprint density at radius 3 is 2.74 bits per heavy atom. The zero-order valence-corrected chi connectivity index (χ0v) is 18.8. The van der Waals surface area contributed by atoms with E-state index in [0.717, 1.165) is 37.6 Å². The first-order chi connectivity index (χ1) is 15.2. The van der Waals surface area contributed by atoms with Gasteiger partial charge in [-0.15, -0.1) is 10.2 Å². The molecule has 4 rings (SSSR count). The minimum Gasteiger partial charge on any atom is -0.492 e. The Morgan fingerprint density at radius 1 is 1.16 bits per heavy atom. The van der Waals surface area contributed by atoms with E-state index in [1.165, 1.54) is 11.8 Å². The van der Waals surface area contributed by atoms with Crippen LogP contribution in [0, 0.1) is 0 Å². The molecule has 2 heterocycles. The van der Waals surface area contributed by atoms with Crippen LogP contribution in [0.4, 0.5) is 11.6 Å². The maximum atomic E-state index is 12.6. The molecular weight excluding hydrogens is 434 g/mol. The third-order valence-electron chi connectivity index (χ3n) is 4.86. The van der Waals surface area contributed by atoms with E-state index < -0.39 is 0 Å². The number of hydrogen-bond donors (Lipinski definition) is 1. The number of carbonyl (C=O) groups excluding carboxylic acids is 1. The largest absolute Gasteiger partial charge is 0.492 e. The van der Waals surface area contributed by atoms with Crippen LogP contribution in [0.5, 0.6) is 5.75 Å². The molecule has 1 aromatic heterocycles. The number of rotatable bonds is 8. The van der Waals surface area contributed by atoms with Gasteiger partial charge in [0.15, 0.2) is 5.16 Å². The molecule has 0 bridgehead atoms. The first-order valence-electron chi connectivity index (χ1n) is 10.3. The van der Waals surface area contributed by atoms with Gasteiger partial charge in [-0.05, 0) is 50.1 Å². The number of ether oxygens (including phenoxy) is 1. The van der Waals surface area contributed by atoms with Crippen LogP contribution in [0.1, 0.15) is 19.8 Å². The average Bonchev–Trinajstić information content (AvgIpc) is 3.43. The first kappa shape index (κ1) is 21.5. The molecule has 0 aliphatic carbocycles. The minimum absolute atomic E-state index is 0.138. The van der Waals surface area contributed by atoms with Crippen LogP contribution in [0.2, 0.25) is 5.02 Å². The van der Waals surface area contributed by atoms with E-state index in [9.17, 15) is 4.79 Å². The molecule has 1 saturated heterocycles. The number of carbonyl (C=O) groups is 1. The molecule has 1 aliphatic rings. The highest BCUT2D eigenvalue weighted by molar-refractivity contribution is 7.99. The molecule has 0 unspecified atom stereocenters. The second-order valence-electron chi connectivity index (χ2n) is 7.06. The molecule has 3 aromatic rings. The summed E-state index contributed by atoms with van der Waals surface area (Å²) in [5, 5.41) is 13.0. The van der Waals surface area contributed by atoms with Gasteiger partial charge >= 0.3 is 0 Å². The highest BCUT2D eigenvalue weighted by Gasteiger charge is 2.23. The minimum atomic E-state index is -0.138. The molecule has 1 amide bonds. The van der Waals surface area contributed by atoms with Crippen LogP contribution in [0.25, 0.3) is 5.69 Å². The van der Waals surface area contributed by atoms with Crippen molar-refractivity contribution in [2.45, 2.75) is 24.9 Å². The average molecular weight is 458 g/mol. The van der Waals surface area contributed by atoms with Crippen molar-refractivity contribution in [2.24, 2.45) is 0 Å². The van der Waals surface area contributed by atoms with Crippen molar-refractivity contribution >= 4 is 40.9 Å². The summed E-state index contributed by atoms with van der Waals surface area (Å²) >= 11 is 7.57. The molecule has 31 heavy (non-hydrogen) atoms. The van der Waals surface area contributed by atoms with E-state index in [2.05, 4.69) is 20.4 Å². The normalized spacial score (nSPS) is 13.4. The third-order valence-corrected chi connectivity index (χ3v) is 6.03. The van der Waals surface area contributed by atoms with Crippen molar-refractivity contribution in [2.75, 3.05) is 35.7 Å². The third kappa shape index (κ3) is 5.14. The lowest BCUT2D eigenvalue weighted by molar-refractivity contribution is -0.113. The summed E-state index contributed by atoms with van der Waals surface area (Å²) in [6.07, 6.45) is 2.26. The zero-order valence-electron chi connectivity index (χ0n) is 17.3. The number of thioether (sulfide) groups is 1. The van der Waals surface area contributed by atoms with Crippen LogP contribution >= 0.6 is 23.4 Å². The van der Waals surface area contributed by atoms with Crippen molar-refractivity contribution in [1.82, 2.24) is 14.8 Å². The number of halogens is 1. The highest BCUT2D eigenvalue weighted by atomic mass is 35.5. The van der Waals surface area contributed by atoms with Gasteiger partial charge in [0.2, 0.25) is 11.9 Å². The van der Waals surface area contributed by atoms with Gasteiger partial charge in [0.05, 0.1) is 23.7 Å². The Hall–Kier alpha value is -2.71. The monoisotopic (exact) mass is 457 g/mol. The number of benzene rings is 2. The molecule has 0 saturated carbocycles. The van der Waals surface area contributed by atoms with Gasteiger partial charge in [-0.1, -0.05) is 41.6 Å². The predicted octanol–water partition coefficient (Wildman–Crippen LogP) is 4.65. The van der Waals surface area contributed by atoms with Gasteiger partial charge in [0, 0.05) is 18.1 Å². The summed E-state index contributed by atoms with van der Waals surface area (Å²) in [6.45, 7) is 4.33. The summed E-state index contributed by atoms with van der Waals surface area (Å²) in [7, 11) is 0. The molecule has 162 valence electrons. The Balaban J connectivity index is 1.53. The second kappa shape index (κ2) is 10.1. The van der Waals surface area contributed by atoms with Crippen LogP contribution < -0.4 is 15.0 Å². The maximum absolute atomic E-state index is 12.6.